The molecule has 260 valence electrons. The predicted octanol–water partition coefficient (Wildman–Crippen LogP) is 1.11. The lowest BCUT2D eigenvalue weighted by Gasteiger charge is -2.20. The fourth-order valence-corrected chi connectivity index (χ4v) is 4.05. The Balaban J connectivity index is 2.04. The average molecular weight is 711 g/mol. The number of non-ortho nitro benzene ring substituents is 1. The molecule has 0 radical (unpaired) electrons. The zero-order chi connectivity index (χ0) is 35.3. The average Bonchev–Trinajstić information content (AvgIpc) is 3.09. The van der Waals surface area contributed by atoms with Crippen LogP contribution in [0.25, 0.3) is 0 Å². The Hall–Kier alpha value is -5.36. The van der Waals surface area contributed by atoms with Crippen LogP contribution < -0.4 is 42.4 Å². The van der Waals surface area contributed by atoms with Crippen molar-refractivity contribution in [3.63, 3.8) is 0 Å². The van der Waals surface area contributed by atoms with Crippen LogP contribution in [0.1, 0.15) is 31.2 Å². The lowest BCUT2D eigenvalue weighted by molar-refractivity contribution is -0.384. The third kappa shape index (κ3) is 15.3. The molecule has 0 aliphatic heterocycles. The van der Waals surface area contributed by atoms with Crippen molar-refractivity contribution in [3.8, 4) is 0 Å². The van der Waals surface area contributed by atoms with Crippen LogP contribution in [0.15, 0.2) is 64.6 Å². The number of nitrogens with two attached hydrogens (primary N) is 2. The zero-order valence-electron chi connectivity index (χ0n) is 25.6. The second-order valence-corrected chi connectivity index (χ2v) is 10.3. The van der Waals surface area contributed by atoms with Crippen LogP contribution in [-0.2, 0) is 25.7 Å². The number of hydrogen-bond donors (Lipinski definition) is 8. The van der Waals surface area contributed by atoms with E-state index < -0.39 is 47.4 Å². The third-order valence-corrected chi connectivity index (χ3v) is 6.69. The van der Waals surface area contributed by atoms with Crippen molar-refractivity contribution in [3.05, 3.63) is 70.3 Å². The number of hydrogen-bond acceptors (Lipinski definition) is 9. The second kappa shape index (κ2) is 21.4. The van der Waals surface area contributed by atoms with Crippen molar-refractivity contribution >= 4 is 70.7 Å². The van der Waals surface area contributed by atoms with E-state index in [9.17, 15) is 29.3 Å². The first-order valence-electron chi connectivity index (χ1n) is 14.4. The summed E-state index contributed by atoms with van der Waals surface area (Å²) in [7, 11) is 0. The summed E-state index contributed by atoms with van der Waals surface area (Å²) in [5.41, 5.74) is 11.8. The summed E-state index contributed by atoms with van der Waals surface area (Å²) in [4.78, 5) is 74.1. The highest BCUT2D eigenvalue weighted by Crippen LogP contribution is 2.16. The van der Waals surface area contributed by atoms with Gasteiger partial charge in [0.15, 0.2) is 0 Å². The second-order valence-electron chi connectivity index (χ2n) is 9.90. The molecular formula is C28H37Cl2N11O7. The number of amides is 4. The summed E-state index contributed by atoms with van der Waals surface area (Å²) < 4.78 is 5.22. The van der Waals surface area contributed by atoms with E-state index >= 15 is 0 Å². The Morgan fingerprint density at radius 1 is 0.833 bits per heavy atom. The Morgan fingerprint density at radius 2 is 1.40 bits per heavy atom. The first-order valence-corrected chi connectivity index (χ1v) is 15.2. The molecule has 0 aliphatic carbocycles. The number of rotatable bonds is 18. The molecule has 0 aliphatic rings. The van der Waals surface area contributed by atoms with Crippen LogP contribution in [0.3, 0.4) is 0 Å². The molecule has 2 atom stereocenters. The number of alkyl carbamates (subject to hydrolysis) is 1. The predicted molar refractivity (Wildman–Crippen MR) is 180 cm³/mol. The maximum atomic E-state index is 13.1. The van der Waals surface area contributed by atoms with E-state index in [1.165, 1.54) is 24.3 Å². The molecule has 0 saturated carbocycles. The molecule has 0 fully saturated rings. The van der Waals surface area contributed by atoms with Crippen LogP contribution in [-0.4, -0.2) is 72.4 Å². The minimum absolute atomic E-state index is 0.0253. The Kier molecular flexibility index (Phi) is 17.3. The van der Waals surface area contributed by atoms with Crippen LogP contribution in [0.5, 0.6) is 0 Å². The first kappa shape index (κ1) is 38.8. The molecule has 2 unspecified atom stereocenters. The molecule has 20 heteroatoms. The monoisotopic (exact) mass is 709 g/mol. The molecule has 48 heavy (non-hydrogen) atoms. The van der Waals surface area contributed by atoms with Gasteiger partial charge in [-0.1, -0.05) is 30.3 Å². The van der Waals surface area contributed by atoms with Gasteiger partial charge >= 0.3 is 6.09 Å². The normalized spacial score (nSPS) is 12.5. The number of guanidine groups is 2. The maximum Gasteiger partial charge on any atom is 0.408 e. The summed E-state index contributed by atoms with van der Waals surface area (Å²) in [6.45, 7) is -0.224. The SMILES string of the molecule is NC(=NCCCC(NC(=O)CNC(=O)C(CCCN=C(N)NCl)NC(=O)OCc1ccccc1)C(=O)Nc1ccc([N+](=O)[O-])cc1)NCl. The summed E-state index contributed by atoms with van der Waals surface area (Å²) in [6.07, 6.45) is -0.0404. The number of halogens is 2. The Morgan fingerprint density at radius 3 is 1.94 bits per heavy atom. The molecule has 4 amide bonds. The van der Waals surface area contributed by atoms with Crippen LogP contribution in [0.4, 0.5) is 16.2 Å². The van der Waals surface area contributed by atoms with E-state index in [2.05, 4.69) is 40.9 Å². The number of ether oxygens (including phenoxy) is 1. The van der Waals surface area contributed by atoms with E-state index in [-0.39, 0.29) is 55.8 Å². The van der Waals surface area contributed by atoms with E-state index in [0.717, 1.165) is 5.56 Å². The van der Waals surface area contributed by atoms with Crippen LogP contribution in [0, 0.1) is 10.1 Å². The van der Waals surface area contributed by atoms with Gasteiger partial charge in [0, 0.05) is 54.5 Å². The lowest BCUT2D eigenvalue weighted by atomic mass is 10.1. The summed E-state index contributed by atoms with van der Waals surface area (Å²) >= 11 is 10.8. The summed E-state index contributed by atoms with van der Waals surface area (Å²) in [6, 6.07) is 11.8. The quantitative estimate of drug-likeness (QED) is 0.0271. The Labute approximate surface area is 285 Å². The highest BCUT2D eigenvalue weighted by Gasteiger charge is 2.24. The highest BCUT2D eigenvalue weighted by atomic mass is 35.5. The van der Waals surface area contributed by atoms with Gasteiger partial charge in [-0.2, -0.15) is 0 Å². The standard InChI is InChI=1S/C28H37Cl2N11O7/c29-39-26(31)33-14-4-8-21(38-28(45)48-17-18-6-2-1-3-7-18)24(43)35-16-23(42)37-22(9-5-15-34-27(32)40-30)25(44)36-19-10-12-20(13-11-19)41(46)47/h1-3,6-7,10-13,21-22H,4-5,8-9,14-17H2,(H,35,43)(H,36,44)(H,37,42)(H,38,45)(H3,31,33,39)(H3,32,34,40). The zero-order valence-corrected chi connectivity index (χ0v) is 27.1. The number of nitrogens with one attached hydrogen (secondary N) is 6. The van der Waals surface area contributed by atoms with E-state index in [4.69, 9.17) is 39.8 Å². The minimum atomic E-state index is -1.11. The fraction of sp³-hybridized carbons (Fsp3) is 0.357. The van der Waals surface area contributed by atoms with Crippen molar-refractivity contribution < 1.29 is 28.8 Å². The lowest BCUT2D eigenvalue weighted by Crippen LogP contribution is -2.51. The van der Waals surface area contributed by atoms with Gasteiger partial charge in [0.2, 0.25) is 29.6 Å². The third-order valence-electron chi connectivity index (χ3n) is 6.30. The van der Waals surface area contributed by atoms with Gasteiger partial charge in [0.05, 0.1) is 11.5 Å². The van der Waals surface area contributed by atoms with Crippen molar-refractivity contribution in [2.45, 2.75) is 44.4 Å². The van der Waals surface area contributed by atoms with Gasteiger partial charge in [0.25, 0.3) is 5.69 Å². The number of benzene rings is 2. The molecule has 0 spiro atoms. The van der Waals surface area contributed by atoms with Gasteiger partial charge in [0.1, 0.15) is 18.7 Å². The van der Waals surface area contributed by atoms with Gasteiger partial charge in [-0.3, -0.25) is 44.2 Å². The number of nitrogens with zero attached hydrogens (tertiary/aromatic N) is 3. The molecule has 0 saturated heterocycles. The van der Waals surface area contributed by atoms with E-state index in [1.807, 2.05) is 6.07 Å². The number of anilines is 1. The topological polar surface area (TPSA) is 270 Å². The number of aliphatic imine (C=N–C) groups is 2. The molecule has 2 aromatic rings. The summed E-state index contributed by atoms with van der Waals surface area (Å²) in [5.74, 6) is -2.09. The van der Waals surface area contributed by atoms with E-state index in [1.54, 1.807) is 24.3 Å². The number of carbonyl (C=O) groups excluding carboxylic acids is 4. The number of nitro benzene ring substituents is 1. The molecule has 2 rings (SSSR count). The van der Waals surface area contributed by atoms with Crippen molar-refractivity contribution in [2.24, 2.45) is 21.5 Å². The molecule has 0 heterocycles. The smallest absolute Gasteiger partial charge is 0.408 e. The van der Waals surface area contributed by atoms with Crippen LogP contribution in [0.2, 0.25) is 0 Å². The van der Waals surface area contributed by atoms with E-state index in [0.29, 0.717) is 12.8 Å². The van der Waals surface area contributed by atoms with Gasteiger partial charge in [-0.05, 0) is 43.4 Å². The summed E-state index contributed by atoms with van der Waals surface area (Å²) in [5, 5.41) is 21.0. The molecule has 18 nitrogen and oxygen atoms in total. The highest BCUT2D eigenvalue weighted by molar-refractivity contribution is 6.22. The molecule has 0 bridgehead atoms. The molecule has 2 aromatic carbocycles. The molecule has 0 aromatic heterocycles. The number of nitro groups is 1. The fourth-order valence-electron chi connectivity index (χ4n) is 3.93. The van der Waals surface area contributed by atoms with Gasteiger partial charge in [-0.25, -0.2) is 4.79 Å². The van der Waals surface area contributed by atoms with Crippen molar-refractivity contribution in [1.82, 2.24) is 25.6 Å². The first-order chi connectivity index (χ1) is 23.0. The number of carbonyl (C=O) groups is 4. The minimum Gasteiger partial charge on any atom is -0.445 e. The van der Waals surface area contributed by atoms with Crippen LogP contribution >= 0.6 is 23.6 Å². The maximum absolute atomic E-state index is 13.1. The van der Waals surface area contributed by atoms with Crippen molar-refractivity contribution in [1.29, 1.82) is 0 Å². The van der Waals surface area contributed by atoms with Crippen molar-refractivity contribution in [2.75, 3.05) is 25.0 Å². The molecular weight excluding hydrogens is 673 g/mol. The van der Waals surface area contributed by atoms with Gasteiger partial charge < -0.3 is 37.5 Å². The Bertz CT molecular complexity index is 1430. The van der Waals surface area contributed by atoms with Gasteiger partial charge in [-0.15, -0.1) is 0 Å². The largest absolute Gasteiger partial charge is 0.445 e. The molecule has 10 N–H and O–H groups in total.